The first-order valence-corrected chi connectivity index (χ1v) is 18.8. The summed E-state index contributed by atoms with van der Waals surface area (Å²) in [6, 6.07) is 51.3. The summed E-state index contributed by atoms with van der Waals surface area (Å²) >= 11 is 0. The number of benzene rings is 7. The number of nitrogens with zero attached hydrogens (tertiary/aromatic N) is 5. The summed E-state index contributed by atoms with van der Waals surface area (Å²) in [5.74, 6) is 1.25. The third-order valence-electron chi connectivity index (χ3n) is 11.2. The molecular formula is C49H26F3N5OPt. The molecule has 0 atom stereocenters. The first-order valence-electron chi connectivity index (χ1n) is 18.8. The van der Waals surface area contributed by atoms with E-state index in [1.807, 2.05) is 102 Å². The molecule has 0 unspecified atom stereocenters. The van der Waals surface area contributed by atoms with Crippen LogP contribution >= 0.6 is 0 Å². The summed E-state index contributed by atoms with van der Waals surface area (Å²) < 4.78 is 53.0. The van der Waals surface area contributed by atoms with Crippen LogP contribution in [0.1, 0.15) is 5.56 Å². The standard InChI is InChI=1S/C49H26F3N5O.Pt/c50-49(51,52)29-21-23-40-37(26-29)32-22-20-28(25-41(32)57(40)43-19-8-9-24-53-43)36-27-38-33-14-5-7-18-42(33)58-47(38)46-45(36)55-48(56(46)30-11-2-1-3-12-30)35-16-10-15-34-31-13-4-6-17-39(31)54-44(34)35;/h1-24,26-27H;/q-2;+2. The molecule has 12 rings (SSSR count). The fourth-order valence-corrected chi connectivity index (χ4v) is 8.61. The summed E-state index contributed by atoms with van der Waals surface area (Å²) in [6.45, 7) is 0. The van der Waals surface area contributed by atoms with Crippen molar-refractivity contribution in [3.63, 3.8) is 0 Å². The number of hydrogen-bond donors (Lipinski definition) is 0. The van der Waals surface area contributed by atoms with Gasteiger partial charge < -0.3 is 14.0 Å². The summed E-state index contributed by atoms with van der Waals surface area (Å²) in [6.07, 6.45) is -2.83. The van der Waals surface area contributed by atoms with Crippen LogP contribution in [0.25, 0.3) is 111 Å². The van der Waals surface area contributed by atoms with Gasteiger partial charge >= 0.3 is 27.2 Å². The third kappa shape index (κ3) is 5.24. The van der Waals surface area contributed by atoms with Crippen LogP contribution in [-0.2, 0) is 27.2 Å². The number of halogens is 3. The Bertz CT molecular complexity index is 3620. The van der Waals surface area contributed by atoms with Gasteiger partial charge in [-0.15, -0.1) is 34.8 Å². The molecule has 0 spiro atoms. The second kappa shape index (κ2) is 13.0. The SMILES string of the molecule is FC(F)(F)c1ccc2c(c1)c1ccc(-c3cc4c5ccccc5oc4c4c3nc(-c3cccc5c3[n-]c3ccccc35)n4-c3ccccc3)[c-]c1n2-c1ccccn1.[Pt+2]. The van der Waals surface area contributed by atoms with Crippen LogP contribution in [0.5, 0.6) is 0 Å². The first-order chi connectivity index (χ1) is 28.4. The average molecular weight is 953 g/mol. The number of alkyl halides is 3. The van der Waals surface area contributed by atoms with E-state index in [1.165, 1.54) is 12.1 Å². The number of rotatable bonds is 4. The van der Waals surface area contributed by atoms with E-state index in [2.05, 4.69) is 52.0 Å². The predicted octanol–water partition coefficient (Wildman–Crippen LogP) is 12.8. The van der Waals surface area contributed by atoms with Crippen molar-refractivity contribution in [2.45, 2.75) is 6.18 Å². The second-order valence-electron chi connectivity index (χ2n) is 14.4. The maximum absolute atomic E-state index is 14.1. The molecule has 6 nitrogen and oxygen atoms in total. The van der Waals surface area contributed by atoms with Crippen LogP contribution in [0.15, 0.2) is 162 Å². The first kappa shape index (κ1) is 35.2. The van der Waals surface area contributed by atoms with Crippen molar-refractivity contribution in [3.8, 4) is 34.0 Å². The number of para-hydroxylation sites is 4. The Kier molecular flexibility index (Phi) is 7.78. The molecule has 0 aliphatic carbocycles. The Hall–Kier alpha value is -6.96. The molecule has 5 aromatic heterocycles. The number of furan rings is 1. The van der Waals surface area contributed by atoms with Crippen molar-refractivity contribution in [3.05, 3.63) is 169 Å². The Balaban J connectivity index is 0.00000397. The van der Waals surface area contributed by atoms with Gasteiger partial charge in [0, 0.05) is 33.7 Å². The van der Waals surface area contributed by atoms with Gasteiger partial charge in [-0.2, -0.15) is 13.2 Å². The van der Waals surface area contributed by atoms with E-state index >= 15 is 0 Å². The second-order valence-corrected chi connectivity index (χ2v) is 14.4. The third-order valence-corrected chi connectivity index (χ3v) is 11.2. The molecule has 0 fully saturated rings. The van der Waals surface area contributed by atoms with Gasteiger partial charge in [-0.3, -0.25) is 4.57 Å². The van der Waals surface area contributed by atoms with Crippen LogP contribution in [0, 0.1) is 6.07 Å². The minimum atomic E-state index is -4.50. The van der Waals surface area contributed by atoms with Gasteiger partial charge in [0.2, 0.25) is 0 Å². The van der Waals surface area contributed by atoms with Crippen molar-refractivity contribution >= 4 is 76.6 Å². The average Bonchev–Trinajstić information content (AvgIpc) is 4.02. The molecule has 0 aliphatic rings. The number of imidazole rings is 1. The molecule has 12 aromatic rings. The van der Waals surface area contributed by atoms with E-state index < -0.39 is 11.7 Å². The van der Waals surface area contributed by atoms with Crippen LogP contribution in [0.3, 0.4) is 0 Å². The zero-order valence-corrected chi connectivity index (χ0v) is 32.9. The normalized spacial score (nSPS) is 12.2. The topological polar surface area (TPSA) is 62.9 Å². The Morgan fingerprint density at radius 2 is 1.41 bits per heavy atom. The molecule has 0 saturated carbocycles. The van der Waals surface area contributed by atoms with Crippen molar-refractivity contribution < 1.29 is 38.7 Å². The molecule has 0 aliphatic heterocycles. The summed E-state index contributed by atoms with van der Waals surface area (Å²) in [7, 11) is 0. The number of hydrogen-bond acceptors (Lipinski definition) is 3. The van der Waals surface area contributed by atoms with Crippen LogP contribution < -0.4 is 4.98 Å². The van der Waals surface area contributed by atoms with Gasteiger partial charge in [0.05, 0.1) is 11.1 Å². The van der Waals surface area contributed by atoms with Gasteiger partial charge in [-0.05, 0) is 70.2 Å². The fraction of sp³-hybridized carbons (Fsp3) is 0.0204. The van der Waals surface area contributed by atoms with Crippen molar-refractivity contribution in [2.24, 2.45) is 0 Å². The number of aromatic nitrogens is 5. The van der Waals surface area contributed by atoms with Gasteiger partial charge in [-0.25, -0.2) is 9.97 Å². The van der Waals surface area contributed by atoms with Crippen LogP contribution in [-0.4, -0.2) is 19.1 Å². The van der Waals surface area contributed by atoms with E-state index in [0.29, 0.717) is 50.1 Å². The maximum atomic E-state index is 14.1. The van der Waals surface area contributed by atoms with Gasteiger partial charge in [-0.1, -0.05) is 102 Å². The van der Waals surface area contributed by atoms with Gasteiger partial charge in [0.15, 0.2) is 5.58 Å². The largest absolute Gasteiger partial charge is 2.00 e. The molecule has 284 valence electrons. The zero-order valence-electron chi connectivity index (χ0n) is 30.6. The summed E-state index contributed by atoms with van der Waals surface area (Å²) in [5.41, 5.74) is 8.31. The van der Waals surface area contributed by atoms with Crippen molar-refractivity contribution in [1.29, 1.82) is 0 Å². The Morgan fingerprint density at radius 1 is 0.627 bits per heavy atom. The molecule has 7 aromatic carbocycles. The monoisotopic (exact) mass is 952 g/mol. The Morgan fingerprint density at radius 3 is 2.24 bits per heavy atom. The number of pyridine rings is 1. The molecule has 0 radical (unpaired) electrons. The quantitative estimate of drug-likeness (QED) is 0.165. The molecule has 0 N–H and O–H groups in total. The van der Waals surface area contributed by atoms with Crippen LogP contribution in [0.4, 0.5) is 13.2 Å². The Labute approximate surface area is 347 Å². The van der Waals surface area contributed by atoms with E-state index in [4.69, 9.17) is 14.4 Å². The maximum Gasteiger partial charge on any atom is 2.00 e. The summed E-state index contributed by atoms with van der Waals surface area (Å²) in [5, 5.41) is 5.01. The van der Waals surface area contributed by atoms with Gasteiger partial charge in [0.25, 0.3) is 0 Å². The molecule has 0 saturated heterocycles. The molecule has 0 amide bonds. The summed E-state index contributed by atoms with van der Waals surface area (Å²) in [4.78, 5) is 15.3. The minimum absolute atomic E-state index is 0. The van der Waals surface area contributed by atoms with E-state index in [0.717, 1.165) is 66.6 Å². The number of fused-ring (bicyclic) bond motifs is 11. The van der Waals surface area contributed by atoms with E-state index in [-0.39, 0.29) is 21.1 Å². The zero-order chi connectivity index (χ0) is 38.7. The smallest absolute Gasteiger partial charge is 0.656 e. The fourth-order valence-electron chi connectivity index (χ4n) is 8.61. The van der Waals surface area contributed by atoms with Crippen molar-refractivity contribution in [1.82, 2.24) is 24.1 Å². The van der Waals surface area contributed by atoms with Crippen LogP contribution in [0.2, 0.25) is 0 Å². The van der Waals surface area contributed by atoms with E-state index in [9.17, 15) is 13.2 Å². The van der Waals surface area contributed by atoms with Gasteiger partial charge in [0.1, 0.15) is 22.7 Å². The predicted molar refractivity (Wildman–Crippen MR) is 224 cm³/mol. The molecule has 0 bridgehead atoms. The minimum Gasteiger partial charge on any atom is -0.656 e. The van der Waals surface area contributed by atoms with Crippen molar-refractivity contribution in [2.75, 3.05) is 0 Å². The molecule has 59 heavy (non-hydrogen) atoms. The molecule has 5 heterocycles. The van der Waals surface area contributed by atoms with E-state index in [1.54, 1.807) is 6.20 Å². The molecule has 10 heteroatoms. The molecular weight excluding hydrogens is 927 g/mol.